The van der Waals surface area contributed by atoms with Gasteiger partial charge < -0.3 is 4.90 Å². The number of likely N-dealkylation sites (tertiary alicyclic amines) is 1. The zero-order valence-corrected chi connectivity index (χ0v) is 18.3. The maximum absolute atomic E-state index is 9.84. The van der Waals surface area contributed by atoms with E-state index < -0.39 is 0 Å². The summed E-state index contributed by atoms with van der Waals surface area (Å²) >= 11 is 0. The molecule has 0 aliphatic carbocycles. The number of nitriles is 2. The van der Waals surface area contributed by atoms with E-state index in [0.29, 0.717) is 17.0 Å². The molecule has 0 aromatic heterocycles. The van der Waals surface area contributed by atoms with Gasteiger partial charge in [0.2, 0.25) is 0 Å². The van der Waals surface area contributed by atoms with Crippen LogP contribution >= 0.6 is 0 Å². The highest BCUT2D eigenvalue weighted by Crippen LogP contribution is 2.43. The number of rotatable bonds is 4. The van der Waals surface area contributed by atoms with Gasteiger partial charge in [-0.15, -0.1) is 0 Å². The smallest absolute Gasteiger partial charge is 0.0995 e. The van der Waals surface area contributed by atoms with E-state index in [4.69, 9.17) is 0 Å². The first-order chi connectivity index (χ1) is 13.8. The lowest BCUT2D eigenvalue weighted by Gasteiger charge is -2.42. The van der Waals surface area contributed by atoms with Crippen LogP contribution in [-0.2, 0) is 5.41 Å². The molecule has 3 nitrogen and oxygen atoms in total. The molecule has 150 valence electrons. The lowest BCUT2D eigenvalue weighted by molar-refractivity contribution is 0.213. The highest BCUT2D eigenvalue weighted by Gasteiger charge is 2.38. The Balaban J connectivity index is 2.21. The zero-order chi connectivity index (χ0) is 21.2. The minimum atomic E-state index is -0.158. The Labute approximate surface area is 175 Å². The number of hydrogen-bond donors (Lipinski definition) is 0. The molecular weight excluding hydrogens is 354 g/mol. The molecule has 0 unspecified atom stereocenters. The fourth-order valence-corrected chi connectivity index (χ4v) is 4.67. The molecule has 0 atom stereocenters. The van der Waals surface area contributed by atoms with Gasteiger partial charge in [-0.2, -0.15) is 10.5 Å². The molecule has 1 fully saturated rings. The van der Waals surface area contributed by atoms with Gasteiger partial charge >= 0.3 is 0 Å². The van der Waals surface area contributed by atoms with Crippen molar-refractivity contribution in [2.24, 2.45) is 0 Å². The SMILES string of the molecule is CC(C)c1ccc(C2(c3cc(C#N)c(C(C)C)c(C#N)c3)CCN(C)CC2)cc1. The largest absolute Gasteiger partial charge is 0.306 e. The predicted octanol–water partition coefficient (Wildman–Crippen LogP) is 5.69. The van der Waals surface area contributed by atoms with Gasteiger partial charge in [-0.05, 0) is 79.2 Å². The van der Waals surface area contributed by atoms with Crippen LogP contribution in [0.5, 0.6) is 0 Å². The summed E-state index contributed by atoms with van der Waals surface area (Å²) in [5.41, 5.74) is 5.74. The summed E-state index contributed by atoms with van der Waals surface area (Å²) < 4.78 is 0. The Morgan fingerprint density at radius 3 is 1.76 bits per heavy atom. The van der Waals surface area contributed by atoms with Crippen molar-refractivity contribution in [1.29, 1.82) is 10.5 Å². The molecule has 0 radical (unpaired) electrons. The fraction of sp³-hybridized carbons (Fsp3) is 0.462. The molecule has 0 saturated carbocycles. The first-order valence-electron chi connectivity index (χ1n) is 10.6. The molecule has 1 aliphatic rings. The molecule has 0 N–H and O–H groups in total. The van der Waals surface area contributed by atoms with Crippen molar-refractivity contribution in [3.8, 4) is 12.1 Å². The normalized spacial score (nSPS) is 16.6. The van der Waals surface area contributed by atoms with Crippen molar-refractivity contribution in [3.05, 3.63) is 69.8 Å². The van der Waals surface area contributed by atoms with Crippen LogP contribution < -0.4 is 0 Å². The van der Waals surface area contributed by atoms with Gasteiger partial charge in [-0.1, -0.05) is 52.0 Å². The van der Waals surface area contributed by atoms with Crippen molar-refractivity contribution in [1.82, 2.24) is 4.90 Å². The Morgan fingerprint density at radius 2 is 1.34 bits per heavy atom. The average molecular weight is 386 g/mol. The monoisotopic (exact) mass is 385 g/mol. The first-order valence-corrected chi connectivity index (χ1v) is 10.6. The van der Waals surface area contributed by atoms with Crippen molar-refractivity contribution in [3.63, 3.8) is 0 Å². The Hall–Kier alpha value is -2.62. The third kappa shape index (κ3) is 3.93. The molecule has 1 saturated heterocycles. The van der Waals surface area contributed by atoms with E-state index in [1.54, 1.807) is 0 Å². The third-order valence-electron chi connectivity index (χ3n) is 6.52. The van der Waals surface area contributed by atoms with Crippen LogP contribution in [0.4, 0.5) is 0 Å². The third-order valence-corrected chi connectivity index (χ3v) is 6.52. The quantitative estimate of drug-likeness (QED) is 0.679. The lowest BCUT2D eigenvalue weighted by atomic mass is 9.67. The minimum Gasteiger partial charge on any atom is -0.306 e. The molecule has 3 heteroatoms. The van der Waals surface area contributed by atoms with Crippen LogP contribution in [0.15, 0.2) is 36.4 Å². The minimum absolute atomic E-state index is 0.145. The maximum Gasteiger partial charge on any atom is 0.0995 e. The van der Waals surface area contributed by atoms with Crippen molar-refractivity contribution < 1.29 is 0 Å². The molecule has 0 bridgehead atoms. The number of piperidine rings is 1. The molecule has 0 amide bonds. The van der Waals surface area contributed by atoms with Crippen molar-refractivity contribution in [2.45, 2.75) is 57.8 Å². The van der Waals surface area contributed by atoms with Gasteiger partial charge in [0.05, 0.1) is 23.3 Å². The Morgan fingerprint density at radius 1 is 0.828 bits per heavy atom. The summed E-state index contributed by atoms with van der Waals surface area (Å²) in [4.78, 5) is 2.36. The van der Waals surface area contributed by atoms with Crippen LogP contribution in [0.2, 0.25) is 0 Å². The molecule has 29 heavy (non-hydrogen) atoms. The standard InChI is InChI=1S/C26H31N3/c1-18(2)20-6-8-23(9-7-20)26(10-12-29(5)13-11-26)24-14-21(16-27)25(19(3)4)22(15-24)17-28/h6-9,14-15,18-19H,10-13H2,1-5H3. The predicted molar refractivity (Wildman–Crippen MR) is 118 cm³/mol. The summed E-state index contributed by atoms with van der Waals surface area (Å²) in [6, 6.07) is 17.8. The van der Waals surface area contributed by atoms with Crippen LogP contribution in [0.1, 0.15) is 85.8 Å². The summed E-state index contributed by atoms with van der Waals surface area (Å²) in [6.07, 6.45) is 1.97. The van der Waals surface area contributed by atoms with Crippen LogP contribution in [0.3, 0.4) is 0 Å². The van der Waals surface area contributed by atoms with Crippen LogP contribution in [-0.4, -0.2) is 25.0 Å². The average Bonchev–Trinajstić information content (AvgIpc) is 2.73. The lowest BCUT2D eigenvalue weighted by Crippen LogP contribution is -2.41. The van der Waals surface area contributed by atoms with Crippen molar-refractivity contribution in [2.75, 3.05) is 20.1 Å². The van der Waals surface area contributed by atoms with E-state index in [2.05, 4.69) is 74.3 Å². The second kappa shape index (κ2) is 8.40. The summed E-state index contributed by atoms with van der Waals surface area (Å²) in [7, 11) is 2.16. The summed E-state index contributed by atoms with van der Waals surface area (Å²) in [6.45, 7) is 10.5. The van der Waals surface area contributed by atoms with Gasteiger partial charge in [-0.3, -0.25) is 0 Å². The highest BCUT2D eigenvalue weighted by atomic mass is 15.1. The molecule has 3 rings (SSSR count). The second-order valence-electron chi connectivity index (χ2n) is 9.03. The van der Waals surface area contributed by atoms with E-state index >= 15 is 0 Å². The van der Waals surface area contributed by atoms with E-state index in [1.807, 2.05) is 13.8 Å². The van der Waals surface area contributed by atoms with Gasteiger partial charge in [0.15, 0.2) is 0 Å². The molecule has 1 aliphatic heterocycles. The second-order valence-corrected chi connectivity index (χ2v) is 9.03. The zero-order valence-electron chi connectivity index (χ0n) is 18.3. The van der Waals surface area contributed by atoms with Gasteiger partial charge in [0, 0.05) is 5.41 Å². The van der Waals surface area contributed by atoms with Gasteiger partial charge in [0.1, 0.15) is 0 Å². The van der Waals surface area contributed by atoms with Crippen molar-refractivity contribution >= 4 is 0 Å². The summed E-state index contributed by atoms with van der Waals surface area (Å²) in [5, 5.41) is 19.7. The van der Waals surface area contributed by atoms with Crippen LogP contribution in [0.25, 0.3) is 0 Å². The Bertz CT molecular complexity index is 912. The number of hydrogen-bond acceptors (Lipinski definition) is 3. The molecule has 1 heterocycles. The van der Waals surface area contributed by atoms with Gasteiger partial charge in [0.25, 0.3) is 0 Å². The molecule has 0 spiro atoms. The number of benzene rings is 2. The molecular formula is C26H31N3. The Kier molecular flexibility index (Phi) is 6.11. The fourth-order valence-electron chi connectivity index (χ4n) is 4.67. The highest BCUT2D eigenvalue weighted by molar-refractivity contribution is 5.56. The van der Waals surface area contributed by atoms with E-state index in [-0.39, 0.29) is 11.3 Å². The van der Waals surface area contributed by atoms with E-state index in [0.717, 1.165) is 37.1 Å². The van der Waals surface area contributed by atoms with Gasteiger partial charge in [-0.25, -0.2) is 0 Å². The number of nitrogens with zero attached hydrogens (tertiary/aromatic N) is 3. The molecule has 2 aromatic rings. The maximum atomic E-state index is 9.84. The van der Waals surface area contributed by atoms with Crippen LogP contribution in [0, 0.1) is 22.7 Å². The molecule has 2 aromatic carbocycles. The summed E-state index contributed by atoms with van der Waals surface area (Å²) in [5.74, 6) is 0.644. The topological polar surface area (TPSA) is 50.8 Å². The van der Waals surface area contributed by atoms with E-state index in [1.165, 1.54) is 11.1 Å². The van der Waals surface area contributed by atoms with E-state index in [9.17, 15) is 10.5 Å². The first kappa shape index (κ1) is 21.1.